The first-order valence-corrected chi connectivity index (χ1v) is 6.95. The summed E-state index contributed by atoms with van der Waals surface area (Å²) in [6.45, 7) is 1.83. The Labute approximate surface area is 131 Å². The zero-order valence-electron chi connectivity index (χ0n) is 12.1. The topological polar surface area (TPSA) is 72.3 Å². The van der Waals surface area contributed by atoms with Gasteiger partial charge in [0.05, 0.1) is 12.8 Å². The highest BCUT2D eigenvalue weighted by molar-refractivity contribution is 6.30. The van der Waals surface area contributed by atoms with E-state index in [-0.39, 0.29) is 18.1 Å². The Balaban J connectivity index is 2.51. The lowest BCUT2D eigenvalue weighted by Crippen LogP contribution is -2.12. The second-order valence-electron chi connectivity index (χ2n) is 4.55. The number of carboxylic acids is 1. The summed E-state index contributed by atoms with van der Waals surface area (Å²) in [5.41, 5.74) is 1.49. The Kier molecular flexibility index (Phi) is 4.92. The lowest BCUT2D eigenvalue weighted by atomic mass is 10.0. The molecule has 7 heteroatoms. The third-order valence-electron chi connectivity index (χ3n) is 3.16. The highest BCUT2D eigenvalue weighted by Gasteiger charge is 2.19. The summed E-state index contributed by atoms with van der Waals surface area (Å²) in [5, 5.41) is 9.33. The van der Waals surface area contributed by atoms with E-state index >= 15 is 0 Å². The fourth-order valence-electron chi connectivity index (χ4n) is 2.10. The molecule has 0 aliphatic heterocycles. The molecule has 1 aromatic heterocycles. The van der Waals surface area contributed by atoms with Crippen LogP contribution in [-0.2, 0) is 12.8 Å². The lowest BCUT2D eigenvalue weighted by molar-refractivity contribution is 0.0681. The third-order valence-corrected chi connectivity index (χ3v) is 3.39. The summed E-state index contributed by atoms with van der Waals surface area (Å²) in [4.78, 5) is 18.9. The number of hydrogen-bond acceptors (Lipinski definition) is 4. The number of halogens is 2. The normalized spacial score (nSPS) is 10.5. The molecule has 0 amide bonds. The number of aromatic nitrogens is 2. The fourth-order valence-corrected chi connectivity index (χ4v) is 2.26. The Bertz CT molecular complexity index is 697. The Morgan fingerprint density at radius 2 is 2.14 bits per heavy atom. The van der Waals surface area contributed by atoms with Gasteiger partial charge in [0, 0.05) is 17.0 Å². The number of benzene rings is 1. The SMILES string of the molecule is CCc1nc(C(=O)O)nc(OC)c1Cc1ccc(Cl)cc1F. The molecule has 0 fully saturated rings. The molecular weight excluding hydrogens is 311 g/mol. The zero-order chi connectivity index (χ0) is 16.3. The van der Waals surface area contributed by atoms with Gasteiger partial charge in [0.25, 0.3) is 0 Å². The summed E-state index contributed by atoms with van der Waals surface area (Å²) in [6.07, 6.45) is 0.666. The van der Waals surface area contributed by atoms with Crippen LogP contribution in [0.3, 0.4) is 0 Å². The van der Waals surface area contributed by atoms with Crippen molar-refractivity contribution in [2.24, 2.45) is 0 Å². The first kappa shape index (κ1) is 16.2. The van der Waals surface area contributed by atoms with Crippen LogP contribution in [-0.4, -0.2) is 28.2 Å². The number of nitrogens with zero attached hydrogens (tertiary/aromatic N) is 2. The first-order chi connectivity index (χ1) is 10.5. The lowest BCUT2D eigenvalue weighted by Gasteiger charge is -2.13. The molecule has 2 aromatic rings. The molecule has 0 unspecified atom stereocenters. The molecule has 1 aromatic carbocycles. The van der Waals surface area contributed by atoms with Gasteiger partial charge in [-0.05, 0) is 24.1 Å². The molecular formula is C15H14ClFN2O3. The molecule has 0 aliphatic rings. The molecule has 116 valence electrons. The highest BCUT2D eigenvalue weighted by atomic mass is 35.5. The minimum atomic E-state index is -1.24. The summed E-state index contributed by atoms with van der Waals surface area (Å²) in [6, 6.07) is 4.38. The number of rotatable bonds is 5. The van der Waals surface area contributed by atoms with E-state index in [0.717, 1.165) is 0 Å². The van der Waals surface area contributed by atoms with Gasteiger partial charge in [0.1, 0.15) is 5.82 Å². The molecule has 0 aliphatic carbocycles. The van der Waals surface area contributed by atoms with Gasteiger partial charge in [0.2, 0.25) is 11.7 Å². The van der Waals surface area contributed by atoms with E-state index in [1.807, 2.05) is 6.92 Å². The number of aromatic carboxylic acids is 1. The van der Waals surface area contributed by atoms with Gasteiger partial charge in [-0.1, -0.05) is 24.6 Å². The Morgan fingerprint density at radius 3 is 2.68 bits per heavy atom. The van der Waals surface area contributed by atoms with Crippen molar-refractivity contribution in [1.29, 1.82) is 0 Å². The van der Waals surface area contributed by atoms with Gasteiger partial charge in [-0.25, -0.2) is 14.2 Å². The second-order valence-corrected chi connectivity index (χ2v) is 4.99. The molecule has 1 heterocycles. The number of carbonyl (C=O) groups is 1. The minimum absolute atomic E-state index is 0.138. The first-order valence-electron chi connectivity index (χ1n) is 6.57. The van der Waals surface area contributed by atoms with Crippen LogP contribution < -0.4 is 4.74 Å². The molecule has 0 spiro atoms. The van der Waals surface area contributed by atoms with E-state index < -0.39 is 11.8 Å². The standard InChI is InChI=1S/C15H14ClFN2O3/c1-3-12-10(6-8-4-5-9(16)7-11(8)17)14(22-2)19-13(18-12)15(20)21/h4-5,7H,3,6H2,1-2H3,(H,20,21). The maximum atomic E-state index is 14.0. The van der Waals surface area contributed by atoms with Crippen LogP contribution in [0.1, 0.15) is 34.4 Å². The summed E-state index contributed by atoms with van der Waals surface area (Å²) in [7, 11) is 1.38. The number of carboxylic acid groups (broad SMARTS) is 1. The van der Waals surface area contributed by atoms with E-state index in [4.69, 9.17) is 21.4 Å². The Hall–Kier alpha value is -2.21. The van der Waals surface area contributed by atoms with Crippen LogP contribution in [0, 0.1) is 5.82 Å². The molecule has 1 N–H and O–H groups in total. The second kappa shape index (κ2) is 6.70. The van der Waals surface area contributed by atoms with Gasteiger partial charge in [-0.2, -0.15) is 4.98 Å². The van der Waals surface area contributed by atoms with Crippen molar-refractivity contribution in [3.05, 3.63) is 51.7 Å². The van der Waals surface area contributed by atoms with Crippen molar-refractivity contribution >= 4 is 17.6 Å². The van der Waals surface area contributed by atoms with Crippen LogP contribution in [0.4, 0.5) is 4.39 Å². The predicted molar refractivity (Wildman–Crippen MR) is 79.1 cm³/mol. The third kappa shape index (κ3) is 3.33. The van der Waals surface area contributed by atoms with Crippen molar-refractivity contribution < 1.29 is 19.0 Å². The van der Waals surface area contributed by atoms with E-state index in [2.05, 4.69) is 9.97 Å². The van der Waals surface area contributed by atoms with E-state index in [9.17, 15) is 9.18 Å². The van der Waals surface area contributed by atoms with Crippen LogP contribution in [0.15, 0.2) is 18.2 Å². The Morgan fingerprint density at radius 1 is 1.41 bits per heavy atom. The van der Waals surface area contributed by atoms with Crippen LogP contribution >= 0.6 is 11.6 Å². The van der Waals surface area contributed by atoms with Crippen molar-refractivity contribution in [2.45, 2.75) is 19.8 Å². The quantitative estimate of drug-likeness (QED) is 0.914. The van der Waals surface area contributed by atoms with E-state index in [0.29, 0.717) is 28.3 Å². The van der Waals surface area contributed by atoms with Gasteiger partial charge in [-0.3, -0.25) is 0 Å². The van der Waals surface area contributed by atoms with Crippen molar-refractivity contribution in [2.75, 3.05) is 7.11 Å². The van der Waals surface area contributed by atoms with Crippen molar-refractivity contribution in [3.63, 3.8) is 0 Å². The van der Waals surface area contributed by atoms with E-state index in [1.165, 1.54) is 13.2 Å². The van der Waals surface area contributed by atoms with E-state index in [1.54, 1.807) is 12.1 Å². The fraction of sp³-hybridized carbons (Fsp3) is 0.267. The number of aryl methyl sites for hydroxylation is 1. The summed E-state index contributed by atoms with van der Waals surface area (Å²) < 4.78 is 19.1. The maximum absolute atomic E-state index is 14.0. The largest absolute Gasteiger partial charge is 0.481 e. The van der Waals surface area contributed by atoms with Crippen LogP contribution in [0.5, 0.6) is 5.88 Å². The van der Waals surface area contributed by atoms with Crippen LogP contribution in [0.2, 0.25) is 5.02 Å². The number of hydrogen-bond donors (Lipinski definition) is 1. The van der Waals surface area contributed by atoms with Gasteiger partial charge >= 0.3 is 5.97 Å². The zero-order valence-corrected chi connectivity index (χ0v) is 12.8. The minimum Gasteiger partial charge on any atom is -0.481 e. The number of ether oxygens (including phenoxy) is 1. The van der Waals surface area contributed by atoms with Gasteiger partial charge < -0.3 is 9.84 Å². The maximum Gasteiger partial charge on any atom is 0.374 e. The summed E-state index contributed by atoms with van der Waals surface area (Å²) >= 11 is 5.74. The molecule has 2 rings (SSSR count). The molecule has 5 nitrogen and oxygen atoms in total. The van der Waals surface area contributed by atoms with Crippen molar-refractivity contribution in [3.8, 4) is 5.88 Å². The molecule has 0 saturated heterocycles. The molecule has 0 saturated carbocycles. The number of methoxy groups -OCH3 is 1. The molecule has 0 atom stereocenters. The summed E-state index contributed by atoms with van der Waals surface area (Å²) in [5.74, 6) is -1.89. The van der Waals surface area contributed by atoms with Gasteiger partial charge in [-0.15, -0.1) is 0 Å². The average Bonchev–Trinajstić information content (AvgIpc) is 2.49. The molecule has 0 radical (unpaired) electrons. The predicted octanol–water partition coefficient (Wildman–Crippen LogP) is 3.13. The van der Waals surface area contributed by atoms with Crippen molar-refractivity contribution in [1.82, 2.24) is 9.97 Å². The average molecular weight is 325 g/mol. The molecule has 0 bridgehead atoms. The highest BCUT2D eigenvalue weighted by Crippen LogP contribution is 2.25. The van der Waals surface area contributed by atoms with Gasteiger partial charge in [0.15, 0.2) is 0 Å². The monoisotopic (exact) mass is 324 g/mol. The smallest absolute Gasteiger partial charge is 0.374 e. The molecule has 22 heavy (non-hydrogen) atoms. The van der Waals surface area contributed by atoms with Crippen LogP contribution in [0.25, 0.3) is 0 Å².